The normalized spacial score (nSPS) is 14.8. The minimum atomic E-state index is -0.272. The molecular formula is C26H28FN3O2. The molecule has 1 atom stereocenters. The van der Waals surface area contributed by atoms with Crippen molar-refractivity contribution in [2.24, 2.45) is 0 Å². The number of anilines is 1. The third-order valence-corrected chi connectivity index (χ3v) is 5.86. The van der Waals surface area contributed by atoms with Crippen molar-refractivity contribution in [3.05, 3.63) is 95.8 Å². The Bertz CT molecular complexity index is 1000. The van der Waals surface area contributed by atoms with Crippen LogP contribution in [0.4, 0.5) is 10.1 Å². The first kappa shape index (κ1) is 21.8. The van der Waals surface area contributed by atoms with Crippen LogP contribution in [0.25, 0.3) is 0 Å². The van der Waals surface area contributed by atoms with Crippen molar-refractivity contribution in [2.45, 2.75) is 6.04 Å². The van der Waals surface area contributed by atoms with E-state index in [1.807, 2.05) is 59.5 Å². The number of ether oxygens (including phenoxy) is 1. The van der Waals surface area contributed by atoms with Crippen molar-refractivity contribution < 1.29 is 13.9 Å². The maximum absolute atomic E-state index is 13.4. The molecule has 1 aliphatic rings. The summed E-state index contributed by atoms with van der Waals surface area (Å²) in [5.74, 6) is 0.636. The van der Waals surface area contributed by atoms with E-state index in [1.54, 1.807) is 19.2 Å². The van der Waals surface area contributed by atoms with Gasteiger partial charge in [-0.05, 0) is 47.5 Å². The van der Waals surface area contributed by atoms with Crippen molar-refractivity contribution in [1.29, 1.82) is 0 Å². The van der Waals surface area contributed by atoms with Gasteiger partial charge in [-0.15, -0.1) is 0 Å². The Balaban J connectivity index is 1.36. The van der Waals surface area contributed by atoms with Crippen LogP contribution in [-0.4, -0.2) is 50.6 Å². The predicted molar refractivity (Wildman–Crippen MR) is 124 cm³/mol. The van der Waals surface area contributed by atoms with Gasteiger partial charge in [-0.3, -0.25) is 10.1 Å². The first-order chi connectivity index (χ1) is 15.6. The molecule has 0 spiro atoms. The van der Waals surface area contributed by atoms with Gasteiger partial charge >= 0.3 is 0 Å². The lowest BCUT2D eigenvalue weighted by molar-refractivity contribution is -0.130. The number of nitrogens with one attached hydrogen (secondary N) is 1. The van der Waals surface area contributed by atoms with E-state index in [1.165, 1.54) is 12.1 Å². The van der Waals surface area contributed by atoms with Crippen LogP contribution in [0.15, 0.2) is 78.9 Å². The zero-order chi connectivity index (χ0) is 22.3. The fourth-order valence-electron chi connectivity index (χ4n) is 4.04. The van der Waals surface area contributed by atoms with Crippen LogP contribution >= 0.6 is 0 Å². The molecule has 6 heteroatoms. The Morgan fingerprint density at radius 2 is 1.53 bits per heavy atom. The number of halogens is 1. The topological polar surface area (TPSA) is 44.8 Å². The second-order valence-corrected chi connectivity index (χ2v) is 7.84. The molecule has 1 fully saturated rings. The maximum atomic E-state index is 13.4. The lowest BCUT2D eigenvalue weighted by Crippen LogP contribution is -2.51. The summed E-state index contributed by atoms with van der Waals surface area (Å²) in [6.07, 6.45) is 0. The van der Waals surface area contributed by atoms with Crippen LogP contribution in [-0.2, 0) is 4.79 Å². The largest absolute Gasteiger partial charge is 0.497 e. The summed E-state index contributed by atoms with van der Waals surface area (Å²) in [4.78, 5) is 17.1. The molecular weight excluding hydrogens is 405 g/mol. The van der Waals surface area contributed by atoms with Gasteiger partial charge < -0.3 is 14.5 Å². The lowest BCUT2D eigenvalue weighted by Gasteiger charge is -2.36. The first-order valence-electron chi connectivity index (χ1n) is 10.8. The lowest BCUT2D eigenvalue weighted by atomic mass is 9.98. The van der Waals surface area contributed by atoms with Crippen LogP contribution in [0, 0.1) is 5.82 Å². The molecule has 0 aromatic heterocycles. The SMILES string of the molecule is COc1ccc(N2CCN(C(=O)CNC(c3ccccc3)c3ccc(F)cc3)CC2)cc1. The molecule has 0 radical (unpaired) electrons. The zero-order valence-corrected chi connectivity index (χ0v) is 18.2. The zero-order valence-electron chi connectivity index (χ0n) is 18.2. The Labute approximate surface area is 188 Å². The van der Waals surface area contributed by atoms with Crippen molar-refractivity contribution in [1.82, 2.24) is 10.2 Å². The van der Waals surface area contributed by atoms with Crippen LogP contribution < -0.4 is 15.0 Å². The number of amides is 1. The second kappa shape index (κ2) is 10.3. The van der Waals surface area contributed by atoms with E-state index in [4.69, 9.17) is 4.74 Å². The van der Waals surface area contributed by atoms with Crippen molar-refractivity contribution in [3.63, 3.8) is 0 Å². The van der Waals surface area contributed by atoms with Gasteiger partial charge in [0.05, 0.1) is 19.7 Å². The number of benzene rings is 3. The average Bonchev–Trinajstić information content (AvgIpc) is 2.86. The van der Waals surface area contributed by atoms with Gasteiger partial charge in [0.2, 0.25) is 5.91 Å². The Morgan fingerprint density at radius 3 is 2.16 bits per heavy atom. The van der Waals surface area contributed by atoms with Crippen LogP contribution in [0.2, 0.25) is 0 Å². The summed E-state index contributed by atoms with van der Waals surface area (Å²) in [5.41, 5.74) is 3.10. The maximum Gasteiger partial charge on any atom is 0.236 e. The monoisotopic (exact) mass is 433 g/mol. The van der Waals surface area contributed by atoms with E-state index in [0.29, 0.717) is 13.1 Å². The molecule has 1 aliphatic heterocycles. The molecule has 1 amide bonds. The fourth-order valence-corrected chi connectivity index (χ4v) is 4.04. The number of methoxy groups -OCH3 is 1. The average molecular weight is 434 g/mol. The van der Waals surface area contributed by atoms with E-state index in [0.717, 1.165) is 35.7 Å². The highest BCUT2D eigenvalue weighted by Crippen LogP contribution is 2.23. The van der Waals surface area contributed by atoms with E-state index in [9.17, 15) is 9.18 Å². The first-order valence-corrected chi connectivity index (χ1v) is 10.8. The Morgan fingerprint density at radius 1 is 0.906 bits per heavy atom. The molecule has 0 saturated carbocycles. The quantitative estimate of drug-likeness (QED) is 0.615. The highest BCUT2D eigenvalue weighted by atomic mass is 19.1. The van der Waals surface area contributed by atoms with Crippen LogP contribution in [0.3, 0.4) is 0 Å². The summed E-state index contributed by atoms with van der Waals surface area (Å²) in [6.45, 7) is 3.16. The highest BCUT2D eigenvalue weighted by molar-refractivity contribution is 5.78. The summed E-state index contributed by atoms with van der Waals surface area (Å²) in [5, 5.41) is 3.38. The van der Waals surface area contributed by atoms with Crippen molar-refractivity contribution >= 4 is 11.6 Å². The molecule has 3 aromatic rings. The molecule has 1 unspecified atom stereocenters. The third-order valence-electron chi connectivity index (χ3n) is 5.86. The smallest absolute Gasteiger partial charge is 0.236 e. The predicted octanol–water partition coefficient (Wildman–Crippen LogP) is 3.86. The molecule has 0 bridgehead atoms. The van der Waals surface area contributed by atoms with Crippen LogP contribution in [0.5, 0.6) is 5.75 Å². The van der Waals surface area contributed by atoms with Crippen LogP contribution in [0.1, 0.15) is 17.2 Å². The highest BCUT2D eigenvalue weighted by Gasteiger charge is 2.23. The molecule has 0 aliphatic carbocycles. The number of nitrogens with zero attached hydrogens (tertiary/aromatic N) is 2. The molecule has 3 aromatic carbocycles. The summed E-state index contributed by atoms with van der Waals surface area (Å²) in [7, 11) is 1.66. The molecule has 32 heavy (non-hydrogen) atoms. The van der Waals surface area contributed by atoms with E-state index in [2.05, 4.69) is 10.2 Å². The summed E-state index contributed by atoms with van der Waals surface area (Å²) >= 11 is 0. The molecule has 5 nitrogen and oxygen atoms in total. The second-order valence-electron chi connectivity index (χ2n) is 7.84. The molecule has 4 rings (SSSR count). The number of rotatable bonds is 7. The summed E-state index contributed by atoms with van der Waals surface area (Å²) in [6, 6.07) is 24.2. The van der Waals surface area contributed by atoms with Gasteiger partial charge in [0, 0.05) is 31.9 Å². The summed E-state index contributed by atoms with van der Waals surface area (Å²) < 4.78 is 18.6. The van der Waals surface area contributed by atoms with Gasteiger partial charge in [0.15, 0.2) is 0 Å². The van der Waals surface area contributed by atoms with E-state index < -0.39 is 0 Å². The van der Waals surface area contributed by atoms with Crippen molar-refractivity contribution in [2.75, 3.05) is 44.7 Å². The molecule has 1 saturated heterocycles. The molecule has 1 N–H and O–H groups in total. The number of hydrogen-bond donors (Lipinski definition) is 1. The van der Waals surface area contributed by atoms with Crippen molar-refractivity contribution in [3.8, 4) is 5.75 Å². The molecule has 166 valence electrons. The van der Waals surface area contributed by atoms with E-state index in [-0.39, 0.29) is 24.3 Å². The fraction of sp³-hybridized carbons (Fsp3) is 0.269. The van der Waals surface area contributed by atoms with E-state index >= 15 is 0 Å². The van der Waals surface area contributed by atoms with Gasteiger partial charge in [-0.25, -0.2) is 4.39 Å². The number of carbonyl (C=O) groups excluding carboxylic acids is 1. The Hall–Kier alpha value is -3.38. The minimum absolute atomic E-state index is 0.0717. The van der Waals surface area contributed by atoms with Gasteiger partial charge in [0.1, 0.15) is 11.6 Å². The Kier molecular flexibility index (Phi) is 7.02. The van der Waals surface area contributed by atoms with Gasteiger partial charge in [-0.1, -0.05) is 42.5 Å². The number of carbonyl (C=O) groups is 1. The minimum Gasteiger partial charge on any atom is -0.497 e. The molecule has 1 heterocycles. The van der Waals surface area contributed by atoms with Gasteiger partial charge in [-0.2, -0.15) is 0 Å². The number of piperazine rings is 1. The van der Waals surface area contributed by atoms with Gasteiger partial charge in [0.25, 0.3) is 0 Å². The number of hydrogen-bond acceptors (Lipinski definition) is 4. The third kappa shape index (κ3) is 5.26. The standard InChI is InChI=1S/C26H28FN3O2/c1-32-24-13-11-23(12-14-24)29-15-17-30(18-16-29)25(31)19-28-26(20-5-3-2-4-6-20)21-7-9-22(27)10-8-21/h2-14,26,28H,15-19H2,1H3.